The van der Waals surface area contributed by atoms with Gasteiger partial charge in [0.1, 0.15) is 10.9 Å². The highest BCUT2D eigenvalue weighted by Gasteiger charge is 2.22. The molecule has 0 spiro atoms. The van der Waals surface area contributed by atoms with E-state index in [1.807, 2.05) is 10.9 Å². The molecule has 0 aromatic carbocycles. The van der Waals surface area contributed by atoms with Crippen LogP contribution in [0.3, 0.4) is 0 Å². The van der Waals surface area contributed by atoms with E-state index in [1.165, 1.54) is 12.3 Å². The predicted octanol–water partition coefficient (Wildman–Crippen LogP) is 3.08. The number of rotatable bonds is 4. The molecule has 5 nitrogen and oxygen atoms in total. The second-order valence-electron chi connectivity index (χ2n) is 5.30. The summed E-state index contributed by atoms with van der Waals surface area (Å²) in [5.74, 6) is -0.00177. The van der Waals surface area contributed by atoms with Gasteiger partial charge >= 0.3 is 6.61 Å². The molecule has 0 aliphatic carbocycles. The summed E-state index contributed by atoms with van der Waals surface area (Å²) in [7, 11) is 2.06. The topological polar surface area (TPSA) is 43.2 Å². The summed E-state index contributed by atoms with van der Waals surface area (Å²) < 4.78 is 31.4. The van der Waals surface area contributed by atoms with E-state index >= 15 is 0 Å². The molecule has 118 valence electrons. The molecule has 2 aromatic rings. The van der Waals surface area contributed by atoms with E-state index in [2.05, 4.69) is 26.8 Å². The quantitative estimate of drug-likeness (QED) is 0.809. The normalized spacial score (nSPS) is 19.0. The number of hydrogen-bond acceptors (Lipinski definition) is 4. The first kappa shape index (κ1) is 15.2. The highest BCUT2D eigenvalue weighted by molar-refractivity contribution is 6.29. The molecule has 0 N–H and O–H groups in total. The average molecular weight is 329 g/mol. The molecule has 2 aromatic heterocycles. The standard InChI is InChI=1S/C14H15ClF2N4O/c1-20-3-2-10(8-20)21-7-9(5-19-21)11-6-18-13(15)4-12(11)22-14(16)17/h4-7,10,14H,2-3,8H2,1H3. The molecule has 1 fully saturated rings. The lowest BCUT2D eigenvalue weighted by molar-refractivity contribution is -0.0494. The van der Waals surface area contributed by atoms with Gasteiger partial charge in [-0.1, -0.05) is 11.6 Å². The molecule has 0 radical (unpaired) electrons. The highest BCUT2D eigenvalue weighted by Crippen LogP contribution is 2.33. The van der Waals surface area contributed by atoms with Crippen LogP contribution < -0.4 is 4.74 Å². The van der Waals surface area contributed by atoms with Crippen molar-refractivity contribution in [3.05, 3.63) is 29.8 Å². The summed E-state index contributed by atoms with van der Waals surface area (Å²) in [6, 6.07) is 1.57. The average Bonchev–Trinajstić information content (AvgIpc) is 3.07. The number of pyridine rings is 1. The van der Waals surface area contributed by atoms with Gasteiger partial charge in [0.15, 0.2) is 0 Å². The van der Waals surface area contributed by atoms with E-state index in [0.717, 1.165) is 19.5 Å². The van der Waals surface area contributed by atoms with Crippen LogP contribution in [0.5, 0.6) is 5.75 Å². The van der Waals surface area contributed by atoms with E-state index in [1.54, 1.807) is 6.20 Å². The lowest BCUT2D eigenvalue weighted by Gasteiger charge is -2.11. The molecular formula is C14H15ClF2N4O. The van der Waals surface area contributed by atoms with Gasteiger partial charge in [-0.15, -0.1) is 0 Å². The maximum atomic E-state index is 12.5. The number of hydrogen-bond donors (Lipinski definition) is 0. The zero-order chi connectivity index (χ0) is 15.7. The van der Waals surface area contributed by atoms with E-state index in [-0.39, 0.29) is 10.9 Å². The Morgan fingerprint density at radius 2 is 2.23 bits per heavy atom. The minimum absolute atomic E-state index is 0.00177. The molecule has 0 bridgehead atoms. The molecule has 1 aliphatic rings. The minimum atomic E-state index is -2.92. The number of likely N-dealkylation sites (N-methyl/N-ethyl adjacent to an activating group) is 1. The monoisotopic (exact) mass is 328 g/mol. The highest BCUT2D eigenvalue weighted by atomic mass is 35.5. The maximum absolute atomic E-state index is 12.5. The van der Waals surface area contributed by atoms with Gasteiger partial charge < -0.3 is 9.64 Å². The molecule has 8 heteroatoms. The van der Waals surface area contributed by atoms with Crippen molar-refractivity contribution in [2.45, 2.75) is 19.1 Å². The van der Waals surface area contributed by atoms with Gasteiger partial charge in [0.2, 0.25) is 0 Å². The Balaban J connectivity index is 1.89. The molecule has 1 aliphatic heterocycles. The van der Waals surface area contributed by atoms with Gasteiger partial charge in [0.05, 0.1) is 12.2 Å². The van der Waals surface area contributed by atoms with Crippen molar-refractivity contribution in [3.8, 4) is 16.9 Å². The Labute approximate surface area is 131 Å². The molecule has 3 heterocycles. The minimum Gasteiger partial charge on any atom is -0.434 e. The summed E-state index contributed by atoms with van der Waals surface area (Å²) in [6.07, 6.45) is 5.88. The third-order valence-corrected chi connectivity index (χ3v) is 3.91. The Hall–Kier alpha value is -1.73. The summed E-state index contributed by atoms with van der Waals surface area (Å²) in [5.41, 5.74) is 1.12. The van der Waals surface area contributed by atoms with Crippen LogP contribution in [-0.4, -0.2) is 46.4 Å². The number of ether oxygens (including phenoxy) is 1. The number of aromatic nitrogens is 3. The molecule has 1 saturated heterocycles. The molecule has 0 saturated carbocycles. The van der Waals surface area contributed by atoms with Crippen molar-refractivity contribution in [1.82, 2.24) is 19.7 Å². The lowest BCUT2D eigenvalue weighted by atomic mass is 10.1. The molecule has 1 unspecified atom stereocenters. The van der Waals surface area contributed by atoms with Crippen LogP contribution in [0.4, 0.5) is 8.78 Å². The maximum Gasteiger partial charge on any atom is 0.387 e. The van der Waals surface area contributed by atoms with Crippen molar-refractivity contribution in [3.63, 3.8) is 0 Å². The summed E-state index contributed by atoms with van der Waals surface area (Å²) in [4.78, 5) is 6.16. The van der Waals surface area contributed by atoms with Crippen molar-refractivity contribution in [1.29, 1.82) is 0 Å². The fourth-order valence-corrected chi connectivity index (χ4v) is 2.78. The van der Waals surface area contributed by atoms with Crippen LogP contribution in [-0.2, 0) is 0 Å². The van der Waals surface area contributed by atoms with Crippen molar-refractivity contribution in [2.24, 2.45) is 0 Å². The number of halogens is 3. The van der Waals surface area contributed by atoms with Crippen LogP contribution >= 0.6 is 11.6 Å². The first-order valence-electron chi connectivity index (χ1n) is 6.86. The SMILES string of the molecule is CN1CCC(n2cc(-c3cnc(Cl)cc3OC(F)F)cn2)C1. The van der Waals surface area contributed by atoms with E-state index in [9.17, 15) is 8.78 Å². The Bertz CT molecular complexity index is 664. The van der Waals surface area contributed by atoms with Crippen LogP contribution in [0.2, 0.25) is 5.15 Å². The van der Waals surface area contributed by atoms with Crippen LogP contribution in [0, 0.1) is 0 Å². The van der Waals surface area contributed by atoms with Crippen LogP contribution in [0.25, 0.3) is 11.1 Å². The second-order valence-corrected chi connectivity index (χ2v) is 5.68. The van der Waals surface area contributed by atoms with Gasteiger partial charge in [-0.3, -0.25) is 4.68 Å². The Kier molecular flexibility index (Phi) is 4.26. The summed E-state index contributed by atoms with van der Waals surface area (Å²) in [6.45, 7) is -0.988. The number of likely N-dealkylation sites (tertiary alicyclic amines) is 1. The van der Waals surface area contributed by atoms with Crippen molar-refractivity contribution < 1.29 is 13.5 Å². The van der Waals surface area contributed by atoms with Crippen LogP contribution in [0.1, 0.15) is 12.5 Å². The smallest absolute Gasteiger partial charge is 0.387 e. The number of alkyl halides is 2. The fraction of sp³-hybridized carbons (Fsp3) is 0.429. The molecule has 1 atom stereocenters. The van der Waals surface area contributed by atoms with Crippen molar-refractivity contribution in [2.75, 3.05) is 20.1 Å². The first-order valence-corrected chi connectivity index (χ1v) is 7.24. The van der Waals surface area contributed by atoms with Gasteiger partial charge in [-0.05, 0) is 20.0 Å². The predicted molar refractivity (Wildman–Crippen MR) is 78.3 cm³/mol. The fourth-order valence-electron chi connectivity index (χ4n) is 2.63. The van der Waals surface area contributed by atoms with E-state index < -0.39 is 6.61 Å². The first-order chi connectivity index (χ1) is 10.5. The lowest BCUT2D eigenvalue weighted by Crippen LogP contribution is -2.16. The third kappa shape index (κ3) is 3.20. The number of nitrogens with zero attached hydrogens (tertiary/aromatic N) is 4. The van der Waals surface area contributed by atoms with E-state index in [0.29, 0.717) is 17.2 Å². The molecule has 22 heavy (non-hydrogen) atoms. The van der Waals surface area contributed by atoms with E-state index in [4.69, 9.17) is 11.6 Å². The van der Waals surface area contributed by atoms with Crippen LogP contribution in [0.15, 0.2) is 24.7 Å². The van der Waals surface area contributed by atoms with Gasteiger partial charge in [0, 0.05) is 36.1 Å². The van der Waals surface area contributed by atoms with Gasteiger partial charge in [0.25, 0.3) is 0 Å². The third-order valence-electron chi connectivity index (χ3n) is 3.70. The van der Waals surface area contributed by atoms with Gasteiger partial charge in [-0.2, -0.15) is 13.9 Å². The van der Waals surface area contributed by atoms with Gasteiger partial charge in [-0.25, -0.2) is 4.98 Å². The Morgan fingerprint density at radius 3 is 2.91 bits per heavy atom. The zero-order valence-corrected chi connectivity index (χ0v) is 12.7. The largest absolute Gasteiger partial charge is 0.434 e. The van der Waals surface area contributed by atoms with Crippen molar-refractivity contribution >= 4 is 11.6 Å². The summed E-state index contributed by atoms with van der Waals surface area (Å²) in [5, 5.41) is 4.44. The Morgan fingerprint density at radius 1 is 1.41 bits per heavy atom. The summed E-state index contributed by atoms with van der Waals surface area (Å²) >= 11 is 5.75. The second kappa shape index (κ2) is 6.18. The molecule has 0 amide bonds. The molecular weight excluding hydrogens is 314 g/mol. The molecule has 3 rings (SSSR count). The zero-order valence-electron chi connectivity index (χ0n) is 11.9.